The minimum atomic E-state index is -0.297. The van der Waals surface area contributed by atoms with Gasteiger partial charge in [0.05, 0.1) is 13.2 Å². The minimum Gasteiger partial charge on any atom is -0.497 e. The van der Waals surface area contributed by atoms with E-state index in [0.717, 1.165) is 16.9 Å². The van der Waals surface area contributed by atoms with E-state index in [4.69, 9.17) is 4.74 Å². The molecule has 0 saturated carbocycles. The van der Waals surface area contributed by atoms with Gasteiger partial charge in [0.2, 0.25) is 5.91 Å². The molecule has 2 rings (SSSR count). The maximum Gasteiger partial charge on any atom is 0.244 e. The first-order valence-electron chi connectivity index (χ1n) is 6.96. The van der Waals surface area contributed by atoms with Crippen LogP contribution in [-0.4, -0.2) is 13.0 Å². The van der Waals surface area contributed by atoms with E-state index >= 15 is 0 Å². The maximum atomic E-state index is 12.8. The summed E-state index contributed by atoms with van der Waals surface area (Å²) in [5.74, 6) is 0.279. The number of carbonyl (C=O) groups is 1. The predicted octanol–water partition coefficient (Wildman–Crippen LogP) is 3.72. The van der Waals surface area contributed by atoms with Crippen LogP contribution in [0.15, 0.2) is 54.6 Å². The van der Waals surface area contributed by atoms with E-state index in [1.54, 1.807) is 25.3 Å². The van der Waals surface area contributed by atoms with Crippen LogP contribution in [0.5, 0.6) is 5.75 Å². The number of amides is 1. The highest BCUT2D eigenvalue weighted by Gasteiger charge is 2.07. The summed E-state index contributed by atoms with van der Waals surface area (Å²) in [6, 6.07) is 13.4. The molecule has 1 N–H and O–H groups in total. The number of carbonyl (C=O) groups excluding carboxylic acids is 1. The van der Waals surface area contributed by atoms with E-state index in [-0.39, 0.29) is 17.8 Å². The fourth-order valence-corrected chi connectivity index (χ4v) is 1.98. The van der Waals surface area contributed by atoms with Gasteiger partial charge < -0.3 is 10.1 Å². The van der Waals surface area contributed by atoms with Gasteiger partial charge in [0.15, 0.2) is 0 Å². The van der Waals surface area contributed by atoms with E-state index in [2.05, 4.69) is 5.32 Å². The Hall–Kier alpha value is -2.62. The summed E-state index contributed by atoms with van der Waals surface area (Å²) >= 11 is 0. The van der Waals surface area contributed by atoms with Crippen molar-refractivity contribution in [2.45, 2.75) is 13.0 Å². The normalized spacial score (nSPS) is 12.1. The second kappa shape index (κ2) is 7.41. The first-order chi connectivity index (χ1) is 10.6. The van der Waals surface area contributed by atoms with Crippen LogP contribution in [0.2, 0.25) is 0 Å². The number of ether oxygens (including phenoxy) is 1. The Morgan fingerprint density at radius 3 is 2.36 bits per heavy atom. The smallest absolute Gasteiger partial charge is 0.244 e. The van der Waals surface area contributed by atoms with Crippen molar-refractivity contribution < 1.29 is 13.9 Å². The molecule has 0 radical (unpaired) electrons. The third kappa shape index (κ3) is 4.45. The van der Waals surface area contributed by atoms with E-state index < -0.39 is 0 Å². The fourth-order valence-electron chi connectivity index (χ4n) is 1.98. The molecule has 0 heterocycles. The zero-order valence-corrected chi connectivity index (χ0v) is 12.5. The Balaban J connectivity index is 1.94. The van der Waals surface area contributed by atoms with Gasteiger partial charge in [-0.25, -0.2) is 4.39 Å². The standard InChI is InChI=1S/C18H18FNO2/c1-13(15-6-10-17(22-2)11-7-15)20-18(21)12-5-14-3-8-16(19)9-4-14/h3-13H,1-2H3,(H,20,21)/b12-5+. The van der Waals surface area contributed by atoms with Crippen LogP contribution < -0.4 is 10.1 Å². The summed E-state index contributed by atoms with van der Waals surface area (Å²) in [7, 11) is 1.61. The predicted molar refractivity (Wildman–Crippen MR) is 85.0 cm³/mol. The zero-order chi connectivity index (χ0) is 15.9. The summed E-state index contributed by atoms with van der Waals surface area (Å²) in [5.41, 5.74) is 1.76. The zero-order valence-electron chi connectivity index (χ0n) is 12.5. The second-order valence-electron chi connectivity index (χ2n) is 4.89. The molecule has 0 aromatic heterocycles. The molecule has 0 aliphatic carbocycles. The van der Waals surface area contributed by atoms with Crippen molar-refractivity contribution in [1.82, 2.24) is 5.32 Å². The Morgan fingerprint density at radius 2 is 1.77 bits per heavy atom. The molecule has 1 amide bonds. The van der Waals surface area contributed by atoms with Crippen molar-refractivity contribution in [3.63, 3.8) is 0 Å². The third-order valence-corrected chi connectivity index (χ3v) is 3.27. The van der Waals surface area contributed by atoms with Gasteiger partial charge in [-0.05, 0) is 48.4 Å². The second-order valence-corrected chi connectivity index (χ2v) is 4.89. The maximum absolute atomic E-state index is 12.8. The lowest BCUT2D eigenvalue weighted by Gasteiger charge is -2.13. The number of benzene rings is 2. The van der Waals surface area contributed by atoms with Crippen molar-refractivity contribution >= 4 is 12.0 Å². The van der Waals surface area contributed by atoms with Crippen LogP contribution in [-0.2, 0) is 4.79 Å². The van der Waals surface area contributed by atoms with Gasteiger partial charge in [-0.3, -0.25) is 4.79 Å². The van der Waals surface area contributed by atoms with Crippen LogP contribution >= 0.6 is 0 Å². The molecule has 0 aliphatic heterocycles. The molecule has 22 heavy (non-hydrogen) atoms. The molecule has 4 heteroatoms. The molecule has 1 unspecified atom stereocenters. The quantitative estimate of drug-likeness (QED) is 0.854. The van der Waals surface area contributed by atoms with Crippen molar-refractivity contribution in [3.05, 3.63) is 71.6 Å². The molecule has 0 spiro atoms. The highest BCUT2D eigenvalue weighted by Crippen LogP contribution is 2.17. The molecular formula is C18H18FNO2. The fraction of sp³-hybridized carbons (Fsp3) is 0.167. The Labute approximate surface area is 129 Å². The lowest BCUT2D eigenvalue weighted by molar-refractivity contribution is -0.117. The molecule has 0 fully saturated rings. The molecule has 1 atom stereocenters. The largest absolute Gasteiger partial charge is 0.497 e. The summed E-state index contributed by atoms with van der Waals surface area (Å²) < 4.78 is 17.9. The van der Waals surface area contributed by atoms with Gasteiger partial charge in [-0.15, -0.1) is 0 Å². The number of methoxy groups -OCH3 is 1. The molecule has 2 aromatic carbocycles. The van der Waals surface area contributed by atoms with Crippen LogP contribution in [0.4, 0.5) is 4.39 Å². The van der Waals surface area contributed by atoms with Crippen molar-refractivity contribution in [3.8, 4) is 5.75 Å². The first-order valence-corrected chi connectivity index (χ1v) is 6.96. The highest BCUT2D eigenvalue weighted by atomic mass is 19.1. The van der Waals surface area contributed by atoms with E-state index in [9.17, 15) is 9.18 Å². The molecule has 0 bridgehead atoms. The van der Waals surface area contributed by atoms with Crippen LogP contribution in [0.25, 0.3) is 6.08 Å². The van der Waals surface area contributed by atoms with E-state index in [1.165, 1.54) is 18.2 Å². The number of halogens is 1. The van der Waals surface area contributed by atoms with Crippen molar-refractivity contribution in [2.75, 3.05) is 7.11 Å². The first kappa shape index (κ1) is 15.8. The Kier molecular flexibility index (Phi) is 5.31. The minimum absolute atomic E-state index is 0.115. The average Bonchev–Trinajstić information content (AvgIpc) is 2.54. The van der Waals surface area contributed by atoms with Gasteiger partial charge >= 0.3 is 0 Å². The van der Waals surface area contributed by atoms with Crippen molar-refractivity contribution in [1.29, 1.82) is 0 Å². The van der Waals surface area contributed by atoms with Gasteiger partial charge in [0, 0.05) is 6.08 Å². The number of hydrogen-bond acceptors (Lipinski definition) is 2. The highest BCUT2D eigenvalue weighted by molar-refractivity contribution is 5.91. The Morgan fingerprint density at radius 1 is 1.14 bits per heavy atom. The van der Waals surface area contributed by atoms with Crippen molar-refractivity contribution in [2.24, 2.45) is 0 Å². The molecule has 2 aromatic rings. The molecule has 0 aliphatic rings. The molecule has 0 saturated heterocycles. The lowest BCUT2D eigenvalue weighted by atomic mass is 10.1. The summed E-state index contributed by atoms with van der Waals surface area (Å²) in [6.45, 7) is 1.91. The van der Waals surface area contributed by atoms with E-state index in [0.29, 0.717) is 0 Å². The number of hydrogen-bond donors (Lipinski definition) is 1. The van der Waals surface area contributed by atoms with Gasteiger partial charge in [-0.1, -0.05) is 24.3 Å². The van der Waals surface area contributed by atoms with Gasteiger partial charge in [0.25, 0.3) is 0 Å². The molecule has 114 valence electrons. The number of nitrogens with one attached hydrogen (secondary N) is 1. The summed E-state index contributed by atoms with van der Waals surface area (Å²) in [5, 5.41) is 2.87. The van der Waals surface area contributed by atoms with E-state index in [1.807, 2.05) is 31.2 Å². The lowest BCUT2D eigenvalue weighted by Crippen LogP contribution is -2.24. The van der Waals surface area contributed by atoms with Crippen LogP contribution in [0.1, 0.15) is 24.1 Å². The third-order valence-electron chi connectivity index (χ3n) is 3.27. The van der Waals surface area contributed by atoms with Crippen LogP contribution in [0.3, 0.4) is 0 Å². The van der Waals surface area contributed by atoms with Gasteiger partial charge in [0.1, 0.15) is 11.6 Å². The summed E-state index contributed by atoms with van der Waals surface area (Å²) in [6.07, 6.45) is 3.09. The molecular weight excluding hydrogens is 281 g/mol. The van der Waals surface area contributed by atoms with Crippen LogP contribution in [0, 0.1) is 5.82 Å². The Bertz CT molecular complexity index is 648. The molecule has 3 nitrogen and oxygen atoms in total. The SMILES string of the molecule is COc1ccc(C(C)NC(=O)/C=C/c2ccc(F)cc2)cc1. The average molecular weight is 299 g/mol. The summed E-state index contributed by atoms with van der Waals surface area (Å²) in [4.78, 5) is 11.9. The monoisotopic (exact) mass is 299 g/mol. The van der Waals surface area contributed by atoms with Gasteiger partial charge in [-0.2, -0.15) is 0 Å². The number of rotatable bonds is 5. The topological polar surface area (TPSA) is 38.3 Å².